The minimum Gasteiger partial charge on any atom is -0.495 e. The number of benzene rings is 1. The molecule has 0 radical (unpaired) electrons. The van der Waals surface area contributed by atoms with E-state index in [0.717, 1.165) is 0 Å². The van der Waals surface area contributed by atoms with Crippen molar-refractivity contribution in [2.75, 3.05) is 19.5 Å². The number of nitrogens with one attached hydrogen (secondary N) is 1. The highest BCUT2D eigenvalue weighted by Crippen LogP contribution is 2.30. The van der Waals surface area contributed by atoms with Crippen molar-refractivity contribution in [2.45, 2.75) is 0 Å². The maximum Gasteiger partial charge on any atom is 0.358 e. The van der Waals surface area contributed by atoms with Gasteiger partial charge in [-0.1, -0.05) is 6.07 Å². The van der Waals surface area contributed by atoms with Gasteiger partial charge in [0.1, 0.15) is 23.3 Å². The Balaban J connectivity index is 2.30. The Morgan fingerprint density at radius 1 is 1.29 bits per heavy atom. The number of nitrogens with zero attached hydrogens (tertiary/aromatic N) is 3. The standard InChI is InChI=1S/C14H12N4O3/c1-20-11-5-3-4-9(6-15)13(11)18-12-8-16-10(7-17-12)14(19)21-2/h3-5,7-8H,1-2H3,(H,17,18). The van der Waals surface area contributed by atoms with E-state index in [-0.39, 0.29) is 5.69 Å². The van der Waals surface area contributed by atoms with Crippen LogP contribution in [0.1, 0.15) is 16.1 Å². The third-order valence-electron chi connectivity index (χ3n) is 2.67. The molecule has 0 spiro atoms. The number of carbonyl (C=O) groups is 1. The lowest BCUT2D eigenvalue weighted by Gasteiger charge is -2.11. The molecule has 1 N–H and O–H groups in total. The van der Waals surface area contributed by atoms with E-state index in [1.54, 1.807) is 18.2 Å². The van der Waals surface area contributed by atoms with E-state index in [9.17, 15) is 4.79 Å². The average molecular weight is 284 g/mol. The normalized spacial score (nSPS) is 9.57. The van der Waals surface area contributed by atoms with E-state index >= 15 is 0 Å². The molecular formula is C14H12N4O3. The first kappa shape index (κ1) is 14.3. The fraction of sp³-hybridized carbons (Fsp3) is 0.143. The SMILES string of the molecule is COC(=O)c1cnc(Nc2c(C#N)cccc2OC)cn1. The lowest BCUT2D eigenvalue weighted by molar-refractivity contribution is 0.0593. The molecule has 0 unspecified atom stereocenters. The lowest BCUT2D eigenvalue weighted by Crippen LogP contribution is -2.06. The van der Waals surface area contributed by atoms with Crippen LogP contribution in [0.5, 0.6) is 5.75 Å². The highest BCUT2D eigenvalue weighted by atomic mass is 16.5. The van der Waals surface area contributed by atoms with Crippen LogP contribution < -0.4 is 10.1 Å². The maximum absolute atomic E-state index is 11.3. The van der Waals surface area contributed by atoms with Gasteiger partial charge in [0, 0.05) is 0 Å². The molecule has 0 aliphatic rings. The molecule has 0 atom stereocenters. The molecule has 1 heterocycles. The molecule has 0 aliphatic carbocycles. The Morgan fingerprint density at radius 2 is 2.10 bits per heavy atom. The predicted octanol–water partition coefficient (Wildman–Crippen LogP) is 1.89. The van der Waals surface area contributed by atoms with E-state index in [0.29, 0.717) is 22.8 Å². The minimum atomic E-state index is -0.566. The van der Waals surface area contributed by atoms with Gasteiger partial charge in [-0.3, -0.25) is 0 Å². The fourth-order valence-electron chi connectivity index (χ4n) is 1.65. The predicted molar refractivity (Wildman–Crippen MR) is 74.4 cm³/mol. The van der Waals surface area contributed by atoms with Crippen molar-refractivity contribution < 1.29 is 14.3 Å². The molecule has 0 bridgehead atoms. The Morgan fingerprint density at radius 3 is 2.67 bits per heavy atom. The first-order chi connectivity index (χ1) is 10.2. The number of hydrogen-bond acceptors (Lipinski definition) is 7. The molecule has 1 aromatic heterocycles. The van der Waals surface area contributed by atoms with Crippen LogP contribution >= 0.6 is 0 Å². The third-order valence-corrected chi connectivity index (χ3v) is 2.67. The summed E-state index contributed by atoms with van der Waals surface area (Å²) in [6, 6.07) is 7.16. The first-order valence-corrected chi connectivity index (χ1v) is 5.94. The number of aromatic nitrogens is 2. The Labute approximate surface area is 121 Å². The molecule has 1 aromatic carbocycles. The van der Waals surface area contributed by atoms with Gasteiger partial charge in [0.05, 0.1) is 32.2 Å². The second-order valence-electron chi connectivity index (χ2n) is 3.90. The largest absolute Gasteiger partial charge is 0.495 e. The summed E-state index contributed by atoms with van der Waals surface area (Å²) >= 11 is 0. The van der Waals surface area contributed by atoms with Gasteiger partial charge in [-0.15, -0.1) is 0 Å². The molecule has 0 saturated carbocycles. The van der Waals surface area contributed by atoms with Crippen LogP contribution in [0.3, 0.4) is 0 Å². The lowest BCUT2D eigenvalue weighted by atomic mass is 10.2. The second-order valence-corrected chi connectivity index (χ2v) is 3.90. The quantitative estimate of drug-likeness (QED) is 0.856. The molecule has 21 heavy (non-hydrogen) atoms. The number of nitriles is 1. The number of anilines is 2. The van der Waals surface area contributed by atoms with Crippen LogP contribution in [0.25, 0.3) is 0 Å². The summed E-state index contributed by atoms with van der Waals surface area (Å²) < 4.78 is 9.75. The van der Waals surface area contributed by atoms with E-state index < -0.39 is 5.97 Å². The number of methoxy groups -OCH3 is 2. The number of esters is 1. The molecule has 106 valence electrons. The molecule has 2 rings (SSSR count). The summed E-state index contributed by atoms with van der Waals surface area (Å²) in [5.74, 6) is 0.320. The van der Waals surface area contributed by atoms with Gasteiger partial charge in [0.25, 0.3) is 0 Å². The maximum atomic E-state index is 11.3. The number of carbonyl (C=O) groups excluding carboxylic acids is 1. The molecule has 0 fully saturated rings. The van der Waals surface area contributed by atoms with Crippen LogP contribution in [-0.2, 0) is 4.74 Å². The minimum absolute atomic E-state index is 0.101. The van der Waals surface area contributed by atoms with Gasteiger partial charge in [0.2, 0.25) is 0 Å². The molecule has 7 nitrogen and oxygen atoms in total. The van der Waals surface area contributed by atoms with Gasteiger partial charge in [-0.25, -0.2) is 14.8 Å². The summed E-state index contributed by atoms with van der Waals surface area (Å²) in [6.45, 7) is 0. The molecule has 0 saturated heterocycles. The molecule has 2 aromatic rings. The topological polar surface area (TPSA) is 97.1 Å². The van der Waals surface area contributed by atoms with E-state index in [4.69, 9.17) is 10.00 Å². The number of rotatable bonds is 4. The van der Waals surface area contributed by atoms with Crippen LogP contribution in [0.15, 0.2) is 30.6 Å². The van der Waals surface area contributed by atoms with E-state index in [1.165, 1.54) is 26.6 Å². The van der Waals surface area contributed by atoms with Crippen molar-refractivity contribution >= 4 is 17.5 Å². The monoisotopic (exact) mass is 284 g/mol. The Kier molecular flexibility index (Phi) is 4.31. The van der Waals surface area contributed by atoms with E-state index in [1.807, 2.05) is 0 Å². The highest BCUT2D eigenvalue weighted by Gasteiger charge is 2.11. The van der Waals surface area contributed by atoms with Crippen molar-refractivity contribution in [3.05, 3.63) is 41.9 Å². The first-order valence-electron chi connectivity index (χ1n) is 5.94. The van der Waals surface area contributed by atoms with Crippen molar-refractivity contribution in [1.29, 1.82) is 5.26 Å². The summed E-state index contributed by atoms with van der Waals surface area (Å²) in [7, 11) is 2.78. The molecule has 0 amide bonds. The zero-order valence-corrected chi connectivity index (χ0v) is 11.5. The van der Waals surface area contributed by atoms with Crippen molar-refractivity contribution in [2.24, 2.45) is 0 Å². The van der Waals surface area contributed by atoms with Gasteiger partial charge in [-0.2, -0.15) is 5.26 Å². The van der Waals surface area contributed by atoms with Crippen molar-refractivity contribution in [3.63, 3.8) is 0 Å². The van der Waals surface area contributed by atoms with Gasteiger partial charge >= 0.3 is 5.97 Å². The summed E-state index contributed by atoms with van der Waals surface area (Å²) in [5, 5.41) is 12.1. The summed E-state index contributed by atoms with van der Waals surface area (Å²) in [4.78, 5) is 19.3. The summed E-state index contributed by atoms with van der Waals surface area (Å²) in [5.41, 5.74) is 0.999. The number of hydrogen-bond donors (Lipinski definition) is 1. The summed E-state index contributed by atoms with van der Waals surface area (Å²) in [6.07, 6.45) is 2.66. The third kappa shape index (κ3) is 3.06. The average Bonchev–Trinajstić information content (AvgIpc) is 2.55. The second kappa shape index (κ2) is 6.34. The van der Waals surface area contributed by atoms with Gasteiger partial charge in [-0.05, 0) is 12.1 Å². The van der Waals surface area contributed by atoms with Crippen molar-refractivity contribution in [3.8, 4) is 11.8 Å². The van der Waals surface area contributed by atoms with Gasteiger partial charge < -0.3 is 14.8 Å². The Hall–Kier alpha value is -3.14. The zero-order chi connectivity index (χ0) is 15.2. The van der Waals surface area contributed by atoms with Crippen LogP contribution in [0, 0.1) is 11.3 Å². The number of ether oxygens (including phenoxy) is 2. The fourth-order valence-corrected chi connectivity index (χ4v) is 1.65. The van der Waals surface area contributed by atoms with Crippen molar-refractivity contribution in [1.82, 2.24) is 9.97 Å². The molecular weight excluding hydrogens is 272 g/mol. The van der Waals surface area contributed by atoms with Gasteiger partial charge in [0.15, 0.2) is 5.69 Å². The highest BCUT2D eigenvalue weighted by molar-refractivity contribution is 5.86. The smallest absolute Gasteiger partial charge is 0.358 e. The zero-order valence-electron chi connectivity index (χ0n) is 11.5. The van der Waals surface area contributed by atoms with E-state index in [2.05, 4.69) is 26.1 Å². The van der Waals surface area contributed by atoms with Crippen LogP contribution in [-0.4, -0.2) is 30.2 Å². The molecule has 7 heteroatoms. The van der Waals surface area contributed by atoms with Crippen LogP contribution in [0.4, 0.5) is 11.5 Å². The molecule has 0 aliphatic heterocycles. The van der Waals surface area contributed by atoms with Crippen LogP contribution in [0.2, 0.25) is 0 Å². The number of para-hydroxylation sites is 1. The Bertz CT molecular complexity index is 692.